The number of ether oxygens (including phenoxy) is 2. The van der Waals surface area contributed by atoms with Gasteiger partial charge in [0.05, 0.1) is 0 Å². The fraction of sp³-hybridized carbons (Fsp3) is 0.381. The van der Waals surface area contributed by atoms with Crippen LogP contribution in [-0.4, -0.2) is 30.2 Å². The van der Waals surface area contributed by atoms with Crippen molar-refractivity contribution in [2.75, 3.05) is 13.2 Å². The third-order valence-electron chi connectivity index (χ3n) is 3.95. The summed E-state index contributed by atoms with van der Waals surface area (Å²) >= 11 is 0. The summed E-state index contributed by atoms with van der Waals surface area (Å²) in [6.07, 6.45) is 0.774. The number of carbonyl (C=O) groups excluding carboxylic acids is 1. The van der Waals surface area contributed by atoms with Gasteiger partial charge in [0.1, 0.15) is 24.6 Å². The van der Waals surface area contributed by atoms with Crippen molar-refractivity contribution in [3.05, 3.63) is 65.7 Å². The smallest absolute Gasteiger partial charge is 0.159 e. The molecule has 0 radical (unpaired) electrons. The van der Waals surface area contributed by atoms with Gasteiger partial charge < -0.3 is 14.6 Å². The van der Waals surface area contributed by atoms with Gasteiger partial charge in [0.25, 0.3) is 0 Å². The lowest BCUT2D eigenvalue weighted by atomic mass is 10.0. The van der Waals surface area contributed by atoms with E-state index < -0.39 is 12.2 Å². The summed E-state index contributed by atoms with van der Waals surface area (Å²) in [5, 5.41) is 10.6. The monoisotopic (exact) mass is 342 g/mol. The zero-order valence-corrected chi connectivity index (χ0v) is 14.9. The molecule has 0 unspecified atom stereocenters. The third-order valence-corrected chi connectivity index (χ3v) is 3.95. The van der Waals surface area contributed by atoms with Crippen molar-refractivity contribution in [3.8, 4) is 5.75 Å². The van der Waals surface area contributed by atoms with Crippen molar-refractivity contribution in [2.45, 2.75) is 38.9 Å². The Morgan fingerprint density at radius 3 is 2.36 bits per heavy atom. The van der Waals surface area contributed by atoms with Gasteiger partial charge in [-0.15, -0.1) is 0 Å². The van der Waals surface area contributed by atoms with E-state index in [0.717, 1.165) is 18.4 Å². The van der Waals surface area contributed by atoms with Crippen LogP contribution in [0.3, 0.4) is 0 Å². The number of unbranched alkanes of at least 4 members (excludes halogenated alkanes) is 1. The van der Waals surface area contributed by atoms with Crippen molar-refractivity contribution >= 4 is 5.78 Å². The highest BCUT2D eigenvalue weighted by atomic mass is 16.5. The number of hydrogen-bond donors (Lipinski definition) is 1. The second-order valence-electron chi connectivity index (χ2n) is 6.01. The number of carbonyl (C=O) groups is 1. The van der Waals surface area contributed by atoms with Crippen molar-refractivity contribution in [2.24, 2.45) is 0 Å². The molecule has 0 saturated heterocycles. The topological polar surface area (TPSA) is 55.8 Å². The van der Waals surface area contributed by atoms with Gasteiger partial charge in [0.15, 0.2) is 5.78 Å². The van der Waals surface area contributed by atoms with Gasteiger partial charge in [0, 0.05) is 12.2 Å². The molecule has 0 spiro atoms. The molecule has 2 rings (SSSR count). The second-order valence-corrected chi connectivity index (χ2v) is 6.01. The van der Waals surface area contributed by atoms with E-state index in [1.165, 1.54) is 6.92 Å². The molecule has 0 aromatic heterocycles. The molecule has 25 heavy (non-hydrogen) atoms. The molecule has 0 amide bonds. The van der Waals surface area contributed by atoms with E-state index >= 15 is 0 Å². The average Bonchev–Trinajstić information content (AvgIpc) is 2.64. The lowest BCUT2D eigenvalue weighted by molar-refractivity contribution is -0.0565. The molecule has 1 N–H and O–H groups in total. The number of benzene rings is 2. The molecule has 0 aliphatic rings. The van der Waals surface area contributed by atoms with Gasteiger partial charge in [-0.2, -0.15) is 0 Å². The van der Waals surface area contributed by atoms with Crippen LogP contribution in [0.2, 0.25) is 0 Å². The molecule has 0 aliphatic heterocycles. The SMILES string of the molecule is CCCCO[C@H](c1ccccc1)[C@H](O)COc1ccc(C(C)=O)cc1. The summed E-state index contributed by atoms with van der Waals surface area (Å²) in [7, 11) is 0. The second kappa shape index (κ2) is 9.97. The first kappa shape index (κ1) is 19.2. The van der Waals surface area contributed by atoms with Gasteiger partial charge in [-0.25, -0.2) is 0 Å². The molecule has 0 bridgehead atoms. The largest absolute Gasteiger partial charge is 0.491 e. The van der Waals surface area contributed by atoms with Crippen LogP contribution in [0, 0.1) is 0 Å². The molecular formula is C21H26O4. The first-order chi connectivity index (χ1) is 12.1. The Morgan fingerprint density at radius 2 is 1.76 bits per heavy atom. The quantitative estimate of drug-likeness (QED) is 0.520. The highest BCUT2D eigenvalue weighted by Crippen LogP contribution is 2.23. The Kier molecular flexibility index (Phi) is 7.64. The van der Waals surface area contributed by atoms with E-state index in [0.29, 0.717) is 17.9 Å². The molecule has 2 aromatic carbocycles. The van der Waals surface area contributed by atoms with Crippen molar-refractivity contribution < 1.29 is 19.4 Å². The average molecular weight is 342 g/mol. The standard InChI is InChI=1S/C21H26O4/c1-3-4-14-24-21(18-8-6-5-7-9-18)20(23)15-25-19-12-10-17(11-13-19)16(2)22/h5-13,20-21,23H,3-4,14-15H2,1-2H3/t20-,21-/m1/s1. The number of aliphatic hydroxyl groups is 1. The van der Waals surface area contributed by atoms with Crippen LogP contribution < -0.4 is 4.74 Å². The molecular weight excluding hydrogens is 316 g/mol. The summed E-state index contributed by atoms with van der Waals surface area (Å²) in [5.74, 6) is 0.629. The predicted octanol–water partition coefficient (Wildman–Crippen LogP) is 4.19. The summed E-state index contributed by atoms with van der Waals surface area (Å²) in [5.41, 5.74) is 1.57. The predicted molar refractivity (Wildman–Crippen MR) is 98.0 cm³/mol. The molecule has 0 saturated carbocycles. The third kappa shape index (κ3) is 6.00. The molecule has 0 aliphatic carbocycles. The first-order valence-electron chi connectivity index (χ1n) is 8.70. The van der Waals surface area contributed by atoms with Gasteiger partial charge in [-0.3, -0.25) is 4.79 Å². The summed E-state index contributed by atoms with van der Waals surface area (Å²) < 4.78 is 11.6. The number of aliphatic hydroxyl groups excluding tert-OH is 1. The Bertz CT molecular complexity index is 637. The van der Waals surface area contributed by atoms with Gasteiger partial charge in [-0.1, -0.05) is 43.7 Å². The van der Waals surface area contributed by atoms with Crippen molar-refractivity contribution in [3.63, 3.8) is 0 Å². The highest BCUT2D eigenvalue weighted by molar-refractivity contribution is 5.94. The minimum absolute atomic E-state index is 0.0139. The molecule has 4 nitrogen and oxygen atoms in total. The van der Waals surface area contributed by atoms with Crippen LogP contribution in [0.4, 0.5) is 0 Å². The van der Waals surface area contributed by atoms with Crippen LogP contribution in [0.15, 0.2) is 54.6 Å². The summed E-state index contributed by atoms with van der Waals surface area (Å²) in [6, 6.07) is 16.6. The first-order valence-corrected chi connectivity index (χ1v) is 8.70. The maximum absolute atomic E-state index is 11.3. The van der Waals surface area contributed by atoms with Crippen LogP contribution in [0.5, 0.6) is 5.75 Å². The van der Waals surface area contributed by atoms with E-state index in [9.17, 15) is 9.90 Å². The van der Waals surface area contributed by atoms with Gasteiger partial charge >= 0.3 is 0 Å². The molecule has 0 heterocycles. The lowest BCUT2D eigenvalue weighted by Gasteiger charge is -2.24. The molecule has 4 heteroatoms. The van der Waals surface area contributed by atoms with E-state index in [1.807, 2.05) is 30.3 Å². The Balaban J connectivity index is 1.98. The Morgan fingerprint density at radius 1 is 1.08 bits per heavy atom. The Hall–Kier alpha value is -2.17. The zero-order valence-electron chi connectivity index (χ0n) is 14.9. The normalized spacial score (nSPS) is 13.2. The maximum Gasteiger partial charge on any atom is 0.159 e. The zero-order chi connectivity index (χ0) is 18.1. The Labute approximate surface area is 149 Å². The summed E-state index contributed by atoms with van der Waals surface area (Å²) in [6.45, 7) is 4.34. The fourth-order valence-electron chi connectivity index (χ4n) is 2.48. The molecule has 2 atom stereocenters. The van der Waals surface area contributed by atoms with Crippen LogP contribution in [0.25, 0.3) is 0 Å². The number of hydrogen-bond acceptors (Lipinski definition) is 4. The van der Waals surface area contributed by atoms with Crippen LogP contribution in [-0.2, 0) is 4.74 Å². The van der Waals surface area contributed by atoms with Gasteiger partial charge in [0.2, 0.25) is 0 Å². The minimum Gasteiger partial charge on any atom is -0.491 e. The number of Topliss-reactive ketones (excluding diaryl/α,β-unsaturated/α-hetero) is 1. The van der Waals surface area contributed by atoms with Crippen molar-refractivity contribution in [1.82, 2.24) is 0 Å². The highest BCUT2D eigenvalue weighted by Gasteiger charge is 2.22. The molecule has 134 valence electrons. The van der Waals surface area contributed by atoms with Crippen LogP contribution >= 0.6 is 0 Å². The maximum atomic E-state index is 11.3. The number of rotatable bonds is 10. The van der Waals surface area contributed by atoms with E-state index in [2.05, 4.69) is 6.92 Å². The summed E-state index contributed by atoms with van der Waals surface area (Å²) in [4.78, 5) is 11.3. The minimum atomic E-state index is -0.785. The fourth-order valence-corrected chi connectivity index (χ4v) is 2.48. The van der Waals surface area contributed by atoms with Gasteiger partial charge in [-0.05, 0) is 43.2 Å². The van der Waals surface area contributed by atoms with Crippen molar-refractivity contribution in [1.29, 1.82) is 0 Å². The molecule has 0 fully saturated rings. The lowest BCUT2D eigenvalue weighted by Crippen LogP contribution is -2.28. The van der Waals surface area contributed by atoms with E-state index in [-0.39, 0.29) is 12.4 Å². The molecule has 2 aromatic rings. The van der Waals surface area contributed by atoms with E-state index in [4.69, 9.17) is 9.47 Å². The number of ketones is 1. The van der Waals surface area contributed by atoms with E-state index in [1.54, 1.807) is 24.3 Å². The van der Waals surface area contributed by atoms with Crippen LogP contribution in [0.1, 0.15) is 48.7 Å².